The zero-order valence-electron chi connectivity index (χ0n) is 14.7. The second kappa shape index (κ2) is 8.62. The van der Waals surface area contributed by atoms with Crippen molar-refractivity contribution >= 4 is 17.6 Å². The normalized spacial score (nSPS) is 10.1. The Hall–Kier alpha value is -3.67. The fourth-order valence-electron chi connectivity index (χ4n) is 2.27. The summed E-state index contributed by atoms with van der Waals surface area (Å²) in [6, 6.07) is 19.5. The summed E-state index contributed by atoms with van der Waals surface area (Å²) in [5, 5.41) is 2.69. The Balaban J connectivity index is 1.61. The van der Waals surface area contributed by atoms with Crippen molar-refractivity contribution in [3.05, 3.63) is 84.2 Å². The van der Waals surface area contributed by atoms with E-state index in [0.717, 1.165) is 5.56 Å². The number of rotatable bonds is 6. The summed E-state index contributed by atoms with van der Waals surface area (Å²) in [5.74, 6) is 0.0174. The number of carbonyl (C=O) groups is 2. The van der Waals surface area contributed by atoms with Gasteiger partial charge in [-0.15, -0.1) is 0 Å². The highest BCUT2D eigenvalue weighted by Gasteiger charge is 2.13. The van der Waals surface area contributed by atoms with E-state index in [1.807, 2.05) is 31.2 Å². The average Bonchev–Trinajstić information content (AvgIpc) is 2.70. The number of amides is 1. The molecule has 0 aliphatic heterocycles. The largest absolute Gasteiger partial charge is 0.455 e. The molecule has 1 heterocycles. The van der Waals surface area contributed by atoms with E-state index in [4.69, 9.17) is 9.47 Å². The van der Waals surface area contributed by atoms with Crippen LogP contribution in [0.3, 0.4) is 0 Å². The number of benzene rings is 2. The molecule has 0 saturated carbocycles. The van der Waals surface area contributed by atoms with Crippen LogP contribution < -0.4 is 10.1 Å². The smallest absolute Gasteiger partial charge is 0.357 e. The molecular formula is C21H18N2O4. The molecule has 0 bridgehead atoms. The number of aryl methyl sites for hydroxylation is 1. The first-order valence-corrected chi connectivity index (χ1v) is 8.33. The Labute approximate surface area is 156 Å². The standard InChI is InChI=1S/C21H18N2O4/c1-15-9-11-16(12-10-15)27-19-8-3-2-6-17(19)23-20(24)14-26-21(25)18-7-4-5-13-22-18/h2-13H,14H2,1H3,(H,23,24). The summed E-state index contributed by atoms with van der Waals surface area (Å²) >= 11 is 0. The molecule has 136 valence electrons. The molecular weight excluding hydrogens is 344 g/mol. The van der Waals surface area contributed by atoms with Gasteiger partial charge >= 0.3 is 5.97 Å². The zero-order valence-corrected chi connectivity index (χ0v) is 14.7. The lowest BCUT2D eigenvalue weighted by atomic mass is 10.2. The maximum atomic E-state index is 12.1. The first-order chi connectivity index (χ1) is 13.1. The Morgan fingerprint density at radius 3 is 2.44 bits per heavy atom. The van der Waals surface area contributed by atoms with Gasteiger partial charge in [0, 0.05) is 6.20 Å². The van der Waals surface area contributed by atoms with Crippen LogP contribution in [-0.4, -0.2) is 23.5 Å². The van der Waals surface area contributed by atoms with Gasteiger partial charge in [0.1, 0.15) is 11.4 Å². The van der Waals surface area contributed by atoms with E-state index in [-0.39, 0.29) is 5.69 Å². The van der Waals surface area contributed by atoms with Gasteiger partial charge in [0.05, 0.1) is 5.69 Å². The van der Waals surface area contributed by atoms with Gasteiger partial charge in [-0.25, -0.2) is 9.78 Å². The molecule has 0 fully saturated rings. The second-order valence-corrected chi connectivity index (χ2v) is 5.75. The van der Waals surface area contributed by atoms with Crippen molar-refractivity contribution in [2.24, 2.45) is 0 Å². The molecule has 27 heavy (non-hydrogen) atoms. The molecule has 0 unspecified atom stereocenters. The molecule has 3 aromatic rings. The number of hydrogen-bond donors (Lipinski definition) is 1. The predicted molar refractivity (Wildman–Crippen MR) is 101 cm³/mol. The average molecular weight is 362 g/mol. The van der Waals surface area contributed by atoms with Crippen LogP contribution in [0.1, 0.15) is 16.1 Å². The van der Waals surface area contributed by atoms with Crippen molar-refractivity contribution in [3.8, 4) is 11.5 Å². The Kier molecular flexibility index (Phi) is 5.79. The number of esters is 1. The first-order valence-electron chi connectivity index (χ1n) is 8.33. The molecule has 0 spiro atoms. The number of nitrogens with zero attached hydrogens (tertiary/aromatic N) is 1. The molecule has 0 saturated heterocycles. The fourth-order valence-corrected chi connectivity index (χ4v) is 2.27. The van der Waals surface area contributed by atoms with Gasteiger partial charge in [0.25, 0.3) is 5.91 Å². The lowest BCUT2D eigenvalue weighted by molar-refractivity contribution is -0.119. The van der Waals surface area contributed by atoms with Crippen LogP contribution in [0.25, 0.3) is 0 Å². The molecule has 2 aromatic carbocycles. The third-order valence-corrected chi connectivity index (χ3v) is 3.62. The minimum Gasteiger partial charge on any atom is -0.455 e. The monoisotopic (exact) mass is 362 g/mol. The zero-order chi connectivity index (χ0) is 19.1. The highest BCUT2D eigenvalue weighted by molar-refractivity contribution is 5.95. The van der Waals surface area contributed by atoms with Crippen LogP contribution in [0.15, 0.2) is 72.9 Å². The van der Waals surface area contributed by atoms with Crippen molar-refractivity contribution in [1.82, 2.24) is 4.98 Å². The van der Waals surface area contributed by atoms with Crippen molar-refractivity contribution < 1.29 is 19.1 Å². The SMILES string of the molecule is Cc1ccc(Oc2ccccc2NC(=O)COC(=O)c2ccccn2)cc1. The maximum absolute atomic E-state index is 12.1. The van der Waals surface area contributed by atoms with Gasteiger partial charge in [0.2, 0.25) is 0 Å². The lowest BCUT2D eigenvalue weighted by Gasteiger charge is -2.12. The van der Waals surface area contributed by atoms with Gasteiger partial charge in [-0.05, 0) is 43.3 Å². The first kappa shape index (κ1) is 18.1. The molecule has 1 N–H and O–H groups in total. The van der Waals surface area contributed by atoms with Gasteiger partial charge in [-0.2, -0.15) is 0 Å². The number of hydrogen-bond acceptors (Lipinski definition) is 5. The minimum atomic E-state index is -0.657. The van der Waals surface area contributed by atoms with Crippen LogP contribution in [0.5, 0.6) is 11.5 Å². The van der Waals surface area contributed by atoms with E-state index in [9.17, 15) is 9.59 Å². The van der Waals surface area contributed by atoms with Gasteiger partial charge in [-0.3, -0.25) is 4.79 Å². The van der Waals surface area contributed by atoms with Crippen molar-refractivity contribution in [1.29, 1.82) is 0 Å². The van der Waals surface area contributed by atoms with E-state index in [2.05, 4.69) is 10.3 Å². The van der Waals surface area contributed by atoms with Gasteiger partial charge < -0.3 is 14.8 Å². The number of nitrogens with one attached hydrogen (secondary N) is 1. The van der Waals surface area contributed by atoms with E-state index in [1.165, 1.54) is 12.3 Å². The second-order valence-electron chi connectivity index (χ2n) is 5.75. The molecule has 0 atom stereocenters. The quantitative estimate of drug-likeness (QED) is 0.671. The summed E-state index contributed by atoms with van der Waals surface area (Å²) in [4.78, 5) is 27.9. The van der Waals surface area contributed by atoms with Crippen LogP contribution in [-0.2, 0) is 9.53 Å². The highest BCUT2D eigenvalue weighted by atomic mass is 16.5. The number of aromatic nitrogens is 1. The van der Waals surface area contributed by atoms with Crippen LogP contribution in [0.2, 0.25) is 0 Å². The molecule has 0 aliphatic rings. The van der Waals surface area contributed by atoms with Crippen molar-refractivity contribution in [2.75, 3.05) is 11.9 Å². The van der Waals surface area contributed by atoms with Crippen LogP contribution in [0.4, 0.5) is 5.69 Å². The Bertz CT molecular complexity index is 924. The van der Waals surface area contributed by atoms with Crippen LogP contribution >= 0.6 is 0 Å². The third kappa shape index (κ3) is 5.15. The van der Waals surface area contributed by atoms with Crippen LogP contribution in [0, 0.1) is 6.92 Å². The summed E-state index contributed by atoms with van der Waals surface area (Å²) < 4.78 is 10.8. The number of ether oxygens (including phenoxy) is 2. The van der Waals surface area contributed by atoms with E-state index in [0.29, 0.717) is 17.2 Å². The number of pyridine rings is 1. The lowest BCUT2D eigenvalue weighted by Crippen LogP contribution is -2.21. The molecule has 6 nitrogen and oxygen atoms in total. The molecule has 1 aromatic heterocycles. The third-order valence-electron chi connectivity index (χ3n) is 3.62. The minimum absolute atomic E-state index is 0.147. The molecule has 0 radical (unpaired) electrons. The van der Waals surface area contributed by atoms with Crippen molar-refractivity contribution in [2.45, 2.75) is 6.92 Å². The molecule has 3 rings (SSSR count). The van der Waals surface area contributed by atoms with Gasteiger partial charge in [0.15, 0.2) is 12.4 Å². The van der Waals surface area contributed by atoms with E-state index in [1.54, 1.807) is 36.4 Å². The van der Waals surface area contributed by atoms with E-state index >= 15 is 0 Å². The maximum Gasteiger partial charge on any atom is 0.357 e. The summed E-state index contributed by atoms with van der Waals surface area (Å²) in [6.45, 7) is 1.57. The number of para-hydroxylation sites is 2. The number of anilines is 1. The summed E-state index contributed by atoms with van der Waals surface area (Å²) in [5.41, 5.74) is 1.75. The topological polar surface area (TPSA) is 77.5 Å². The molecule has 1 amide bonds. The number of carbonyl (C=O) groups excluding carboxylic acids is 2. The summed E-state index contributed by atoms with van der Waals surface area (Å²) in [6.07, 6.45) is 1.48. The highest BCUT2D eigenvalue weighted by Crippen LogP contribution is 2.29. The van der Waals surface area contributed by atoms with Gasteiger partial charge in [-0.1, -0.05) is 35.9 Å². The van der Waals surface area contributed by atoms with E-state index < -0.39 is 18.5 Å². The molecule has 0 aliphatic carbocycles. The Morgan fingerprint density at radius 1 is 0.963 bits per heavy atom. The predicted octanol–water partition coefficient (Wildman–Crippen LogP) is 3.98. The summed E-state index contributed by atoms with van der Waals surface area (Å²) in [7, 11) is 0. The van der Waals surface area contributed by atoms with Crippen molar-refractivity contribution in [3.63, 3.8) is 0 Å². The fraction of sp³-hybridized carbons (Fsp3) is 0.0952. The Morgan fingerprint density at radius 2 is 1.70 bits per heavy atom. The molecule has 6 heteroatoms.